The Labute approximate surface area is 185 Å². The molecule has 4 rings (SSSR count). The summed E-state index contributed by atoms with van der Waals surface area (Å²) in [5.41, 5.74) is 1.88. The maximum Gasteiger partial charge on any atom is 0.316 e. The van der Waals surface area contributed by atoms with Crippen molar-refractivity contribution < 1.29 is 18.8 Å². The van der Waals surface area contributed by atoms with Gasteiger partial charge in [-0.15, -0.1) is 10.2 Å². The van der Waals surface area contributed by atoms with Crippen molar-refractivity contribution in [2.45, 2.75) is 10.9 Å². The topological polar surface area (TPSA) is 107 Å². The van der Waals surface area contributed by atoms with Gasteiger partial charge in [0.25, 0.3) is 5.91 Å². The number of amides is 1. The van der Waals surface area contributed by atoms with Crippen molar-refractivity contribution in [3.63, 3.8) is 0 Å². The van der Waals surface area contributed by atoms with E-state index in [0.717, 1.165) is 22.5 Å². The maximum atomic E-state index is 12.4. The first-order chi connectivity index (χ1) is 15.2. The van der Waals surface area contributed by atoms with Crippen LogP contribution in [0.2, 0.25) is 0 Å². The predicted molar refractivity (Wildman–Crippen MR) is 117 cm³/mol. The van der Waals surface area contributed by atoms with Gasteiger partial charge in [-0.25, -0.2) is 0 Å². The number of thioether (sulfide) groups is 1. The van der Waals surface area contributed by atoms with Crippen LogP contribution in [0, 0.1) is 0 Å². The molecule has 0 unspecified atom stereocenters. The van der Waals surface area contributed by atoms with E-state index in [4.69, 9.17) is 9.26 Å². The van der Waals surface area contributed by atoms with Crippen LogP contribution in [0.3, 0.4) is 0 Å². The van der Waals surface area contributed by atoms with E-state index in [9.17, 15) is 9.59 Å². The first kappa shape index (κ1) is 20.8. The Bertz CT molecular complexity index is 1160. The van der Waals surface area contributed by atoms with Crippen molar-refractivity contribution in [1.29, 1.82) is 0 Å². The van der Waals surface area contributed by atoms with Crippen molar-refractivity contribution in [1.82, 2.24) is 15.4 Å². The van der Waals surface area contributed by atoms with Gasteiger partial charge in [-0.1, -0.05) is 88.9 Å². The third-order valence-corrected chi connectivity index (χ3v) is 5.93. The van der Waals surface area contributed by atoms with E-state index in [0.29, 0.717) is 15.2 Å². The number of rotatable bonds is 8. The fraction of sp³-hybridized carbons (Fsp3) is 0.0952. The Balaban J connectivity index is 1.26. The van der Waals surface area contributed by atoms with Gasteiger partial charge in [0.15, 0.2) is 15.8 Å². The van der Waals surface area contributed by atoms with E-state index >= 15 is 0 Å². The summed E-state index contributed by atoms with van der Waals surface area (Å²) in [6, 6.07) is 20.4. The number of esters is 1. The predicted octanol–water partition coefficient (Wildman–Crippen LogP) is 4.28. The Morgan fingerprint density at radius 3 is 2.55 bits per heavy atom. The quantitative estimate of drug-likeness (QED) is 0.240. The molecule has 0 fully saturated rings. The van der Waals surface area contributed by atoms with E-state index in [1.54, 1.807) is 6.07 Å². The summed E-state index contributed by atoms with van der Waals surface area (Å²) < 4.78 is 11.0. The molecule has 2 aromatic heterocycles. The summed E-state index contributed by atoms with van der Waals surface area (Å²) >= 11 is 2.35. The van der Waals surface area contributed by atoms with Gasteiger partial charge >= 0.3 is 5.97 Å². The number of benzene rings is 2. The van der Waals surface area contributed by atoms with Gasteiger partial charge in [0, 0.05) is 11.6 Å². The van der Waals surface area contributed by atoms with Crippen LogP contribution in [-0.4, -0.2) is 33.0 Å². The van der Waals surface area contributed by atoms with Crippen molar-refractivity contribution in [3.05, 3.63) is 78.0 Å². The smallest absolute Gasteiger partial charge is 0.316 e. The molecule has 2 heterocycles. The number of nitrogens with zero attached hydrogens (tertiary/aromatic N) is 3. The standard InChI is InChI=1S/C21H16N4O4S2/c26-18(28-12-14-7-3-1-4-8-14)13-30-21-24-23-20(31-21)22-19(27)16-11-17(29-25-16)15-9-5-2-6-10-15/h1-11H,12-13H2,(H,22,23,27). The summed E-state index contributed by atoms with van der Waals surface area (Å²) in [5, 5.41) is 14.6. The second-order valence-electron chi connectivity index (χ2n) is 6.20. The third kappa shape index (κ3) is 5.77. The van der Waals surface area contributed by atoms with Crippen LogP contribution in [0.15, 0.2) is 75.6 Å². The minimum Gasteiger partial charge on any atom is -0.460 e. The largest absolute Gasteiger partial charge is 0.460 e. The molecule has 1 N–H and O–H groups in total. The molecule has 0 saturated heterocycles. The minimum atomic E-state index is -0.457. The Kier molecular flexibility index (Phi) is 6.70. The van der Waals surface area contributed by atoms with E-state index < -0.39 is 5.91 Å². The molecule has 0 bridgehead atoms. The molecule has 0 radical (unpaired) electrons. The fourth-order valence-corrected chi connectivity index (χ4v) is 4.05. The highest BCUT2D eigenvalue weighted by Gasteiger charge is 2.16. The van der Waals surface area contributed by atoms with Crippen molar-refractivity contribution in [3.8, 4) is 11.3 Å². The van der Waals surface area contributed by atoms with Crippen LogP contribution in [0.1, 0.15) is 16.1 Å². The zero-order chi connectivity index (χ0) is 21.5. The van der Waals surface area contributed by atoms with Gasteiger partial charge in [0.2, 0.25) is 5.13 Å². The average molecular weight is 453 g/mol. The Morgan fingerprint density at radius 1 is 1.03 bits per heavy atom. The number of ether oxygens (including phenoxy) is 1. The summed E-state index contributed by atoms with van der Waals surface area (Å²) in [4.78, 5) is 24.3. The number of carbonyl (C=O) groups excluding carboxylic acids is 2. The third-order valence-electron chi connectivity index (χ3n) is 3.98. The summed E-state index contributed by atoms with van der Waals surface area (Å²) in [6.07, 6.45) is 0. The normalized spacial score (nSPS) is 10.6. The van der Waals surface area contributed by atoms with Gasteiger partial charge < -0.3 is 9.26 Å². The molecular weight excluding hydrogens is 436 g/mol. The molecule has 0 saturated carbocycles. The van der Waals surface area contributed by atoms with E-state index in [1.165, 1.54) is 11.8 Å². The van der Waals surface area contributed by atoms with E-state index in [2.05, 4.69) is 20.7 Å². The minimum absolute atomic E-state index is 0.0964. The lowest BCUT2D eigenvalue weighted by Gasteiger charge is -2.03. The van der Waals surface area contributed by atoms with Crippen molar-refractivity contribution >= 4 is 40.1 Å². The number of carbonyl (C=O) groups is 2. The number of aromatic nitrogens is 3. The van der Waals surface area contributed by atoms with Crippen molar-refractivity contribution in [2.24, 2.45) is 0 Å². The highest BCUT2D eigenvalue weighted by molar-refractivity contribution is 8.01. The van der Waals surface area contributed by atoms with Crippen LogP contribution >= 0.6 is 23.1 Å². The first-order valence-corrected chi connectivity index (χ1v) is 11.0. The highest BCUT2D eigenvalue weighted by Crippen LogP contribution is 2.26. The molecular formula is C21H16N4O4S2. The van der Waals surface area contributed by atoms with Crippen LogP contribution < -0.4 is 5.32 Å². The van der Waals surface area contributed by atoms with E-state index in [-0.39, 0.29) is 24.0 Å². The van der Waals surface area contributed by atoms with Crippen molar-refractivity contribution in [2.75, 3.05) is 11.1 Å². The monoisotopic (exact) mass is 452 g/mol. The molecule has 0 aliphatic carbocycles. The van der Waals surface area contributed by atoms with Gasteiger partial charge in [0.1, 0.15) is 6.61 Å². The average Bonchev–Trinajstić information content (AvgIpc) is 3.47. The Morgan fingerprint density at radius 2 is 1.77 bits per heavy atom. The molecule has 4 aromatic rings. The lowest BCUT2D eigenvalue weighted by atomic mass is 10.1. The second kappa shape index (κ2) is 10.0. The molecule has 1 amide bonds. The Hall–Kier alpha value is -3.50. The molecule has 2 aromatic carbocycles. The number of hydrogen-bond donors (Lipinski definition) is 1. The van der Waals surface area contributed by atoms with Crippen LogP contribution in [-0.2, 0) is 16.1 Å². The molecule has 0 aliphatic heterocycles. The zero-order valence-corrected chi connectivity index (χ0v) is 17.7. The molecule has 0 atom stereocenters. The first-order valence-electron chi connectivity index (χ1n) is 9.17. The lowest BCUT2D eigenvalue weighted by molar-refractivity contribution is -0.141. The van der Waals surface area contributed by atoms with Gasteiger partial charge in [0.05, 0.1) is 5.75 Å². The van der Waals surface area contributed by atoms with Crippen LogP contribution in [0.4, 0.5) is 5.13 Å². The van der Waals surface area contributed by atoms with Crippen LogP contribution in [0.25, 0.3) is 11.3 Å². The highest BCUT2D eigenvalue weighted by atomic mass is 32.2. The van der Waals surface area contributed by atoms with Gasteiger partial charge in [-0.3, -0.25) is 14.9 Å². The lowest BCUT2D eigenvalue weighted by Crippen LogP contribution is -2.11. The van der Waals surface area contributed by atoms with E-state index in [1.807, 2.05) is 60.7 Å². The molecule has 31 heavy (non-hydrogen) atoms. The molecule has 10 heteroatoms. The van der Waals surface area contributed by atoms with Gasteiger partial charge in [-0.2, -0.15) is 0 Å². The summed E-state index contributed by atoms with van der Waals surface area (Å²) in [5.74, 6) is -0.223. The molecule has 156 valence electrons. The summed E-state index contributed by atoms with van der Waals surface area (Å²) in [6.45, 7) is 0.223. The van der Waals surface area contributed by atoms with Gasteiger partial charge in [-0.05, 0) is 5.56 Å². The maximum absolute atomic E-state index is 12.4. The number of anilines is 1. The molecule has 8 nitrogen and oxygen atoms in total. The van der Waals surface area contributed by atoms with Crippen LogP contribution in [0.5, 0.6) is 0 Å². The number of nitrogens with one attached hydrogen (secondary N) is 1. The fourth-order valence-electron chi connectivity index (χ4n) is 2.50. The number of hydrogen-bond acceptors (Lipinski definition) is 9. The molecule has 0 aliphatic rings. The zero-order valence-electron chi connectivity index (χ0n) is 16.1. The SMILES string of the molecule is O=C(CSc1nnc(NC(=O)c2cc(-c3ccccc3)on2)s1)OCc1ccccc1. The second-order valence-corrected chi connectivity index (χ2v) is 8.40. The summed E-state index contributed by atoms with van der Waals surface area (Å²) in [7, 11) is 0. The molecule has 0 spiro atoms.